The van der Waals surface area contributed by atoms with Crippen LogP contribution in [0.15, 0.2) is 21.8 Å². The first-order valence-corrected chi connectivity index (χ1v) is 13.2. The Morgan fingerprint density at radius 3 is 2.85 bits per heavy atom. The summed E-state index contributed by atoms with van der Waals surface area (Å²) in [5.74, 6) is 1.89. The fourth-order valence-electron chi connectivity index (χ4n) is 4.86. The molecule has 1 saturated carbocycles. The second-order valence-corrected chi connectivity index (χ2v) is 10.1. The Labute approximate surface area is 207 Å². The summed E-state index contributed by atoms with van der Waals surface area (Å²) < 4.78 is 7.42. The highest BCUT2D eigenvalue weighted by molar-refractivity contribution is 5.86. The van der Waals surface area contributed by atoms with Gasteiger partial charge in [0.05, 0.1) is 12.4 Å². The summed E-state index contributed by atoms with van der Waals surface area (Å²) in [6.45, 7) is 16.6. The minimum absolute atomic E-state index is 0.0645. The molecule has 2 rings (SSSR count). The fourth-order valence-corrected chi connectivity index (χ4v) is 4.86. The Morgan fingerprint density at radius 1 is 1.41 bits per heavy atom. The van der Waals surface area contributed by atoms with Gasteiger partial charge in [0.2, 0.25) is 5.76 Å². The highest BCUT2D eigenvalue weighted by atomic mass is 16.5. The third-order valence-corrected chi connectivity index (χ3v) is 7.74. The Morgan fingerprint density at radius 2 is 2.18 bits per heavy atom. The van der Waals surface area contributed by atoms with Crippen LogP contribution in [0.1, 0.15) is 72.6 Å². The van der Waals surface area contributed by atoms with E-state index in [4.69, 9.17) is 10.5 Å². The van der Waals surface area contributed by atoms with E-state index in [9.17, 15) is 4.79 Å². The Kier molecular flexibility index (Phi) is 11.4. The first kappa shape index (κ1) is 28.2. The maximum Gasteiger partial charge on any atom is 0.453 e. The molecule has 4 atom stereocenters. The Balaban J connectivity index is 1.70. The maximum atomic E-state index is 12.8. The van der Waals surface area contributed by atoms with Gasteiger partial charge in [-0.2, -0.15) is 4.58 Å². The van der Waals surface area contributed by atoms with E-state index in [2.05, 4.69) is 49.4 Å². The van der Waals surface area contributed by atoms with Gasteiger partial charge in [-0.25, -0.2) is 4.79 Å². The lowest BCUT2D eigenvalue weighted by molar-refractivity contribution is -0.440. The van der Waals surface area contributed by atoms with E-state index in [0.717, 1.165) is 64.0 Å². The van der Waals surface area contributed by atoms with Crippen LogP contribution in [0.3, 0.4) is 0 Å². The SMILES string of the molecule is C=[N+](CCC1CC1(CC)CCN=C(N)CCCCN(C)CC)C(=O)C1=CC(C)C(CN=CC)O1. The van der Waals surface area contributed by atoms with Gasteiger partial charge in [-0.05, 0) is 76.4 Å². The zero-order chi connectivity index (χ0) is 25.1. The van der Waals surface area contributed by atoms with Gasteiger partial charge in [-0.3, -0.25) is 9.98 Å². The molecule has 4 unspecified atom stereocenters. The third kappa shape index (κ3) is 8.33. The van der Waals surface area contributed by atoms with Gasteiger partial charge in [0, 0.05) is 25.3 Å². The van der Waals surface area contributed by atoms with Crippen LogP contribution in [0.5, 0.6) is 0 Å². The average molecular weight is 475 g/mol. The second kappa shape index (κ2) is 13.8. The first-order chi connectivity index (χ1) is 16.3. The standard InChI is InChI=1S/C27H48N5O2/c1-7-27(14-15-30-25(28)12-10-11-16-31(5)9-3)19-22(27)13-17-32(6)26(33)23-18-21(4)24(34-23)20-29-8-2/h8,18,21-22,24H,6-7,9-17,19-20H2,1-5H3,(H2,28,30)/q+1. The molecular weight excluding hydrogens is 426 g/mol. The molecule has 1 aliphatic heterocycles. The lowest BCUT2D eigenvalue weighted by Gasteiger charge is -2.14. The van der Waals surface area contributed by atoms with E-state index in [1.165, 1.54) is 6.42 Å². The predicted octanol–water partition coefficient (Wildman–Crippen LogP) is 3.91. The molecule has 192 valence electrons. The smallest absolute Gasteiger partial charge is 0.453 e. The van der Waals surface area contributed by atoms with Crippen LogP contribution < -0.4 is 5.73 Å². The van der Waals surface area contributed by atoms with Crippen LogP contribution in [0.4, 0.5) is 0 Å². The van der Waals surface area contributed by atoms with E-state index in [1.54, 1.807) is 10.8 Å². The largest absolute Gasteiger partial charge is 0.479 e. The number of rotatable bonds is 16. The summed E-state index contributed by atoms with van der Waals surface area (Å²) in [5.41, 5.74) is 6.49. The van der Waals surface area contributed by atoms with Crippen molar-refractivity contribution in [2.24, 2.45) is 33.0 Å². The lowest BCUT2D eigenvalue weighted by atomic mass is 9.94. The van der Waals surface area contributed by atoms with Gasteiger partial charge in [0.1, 0.15) is 12.8 Å². The highest BCUT2D eigenvalue weighted by Crippen LogP contribution is 2.59. The number of ether oxygens (including phenoxy) is 1. The number of amidine groups is 1. The van der Waals surface area contributed by atoms with Crippen molar-refractivity contribution < 1.29 is 14.1 Å². The van der Waals surface area contributed by atoms with Gasteiger partial charge in [0.25, 0.3) is 0 Å². The zero-order valence-electron chi connectivity index (χ0n) is 22.3. The molecule has 7 heteroatoms. The summed E-state index contributed by atoms with van der Waals surface area (Å²) in [4.78, 5) is 24.0. The van der Waals surface area contributed by atoms with Crippen LogP contribution in [-0.4, -0.2) is 80.0 Å². The molecule has 0 radical (unpaired) electrons. The van der Waals surface area contributed by atoms with Gasteiger partial charge in [-0.15, -0.1) is 0 Å². The first-order valence-electron chi connectivity index (χ1n) is 13.2. The van der Waals surface area contributed by atoms with E-state index in [-0.39, 0.29) is 17.9 Å². The molecule has 0 aromatic heterocycles. The number of carbonyl (C=O) groups excluding carboxylic acids is 1. The Hall–Kier alpha value is -2.02. The third-order valence-electron chi connectivity index (χ3n) is 7.74. The van der Waals surface area contributed by atoms with Gasteiger partial charge in [0.15, 0.2) is 6.54 Å². The number of hydrogen-bond acceptors (Lipinski definition) is 5. The lowest BCUT2D eigenvalue weighted by Crippen LogP contribution is -2.25. The molecule has 0 aromatic carbocycles. The number of amides is 1. The van der Waals surface area contributed by atoms with E-state index in [1.807, 2.05) is 13.0 Å². The van der Waals surface area contributed by atoms with Crippen molar-refractivity contribution in [3.8, 4) is 0 Å². The summed E-state index contributed by atoms with van der Waals surface area (Å²) in [7, 11) is 2.15. The predicted molar refractivity (Wildman–Crippen MR) is 142 cm³/mol. The molecule has 1 fully saturated rings. The molecule has 0 aromatic rings. The van der Waals surface area contributed by atoms with Crippen molar-refractivity contribution in [1.82, 2.24) is 4.90 Å². The summed E-state index contributed by atoms with van der Waals surface area (Å²) in [6.07, 6.45) is 11.2. The summed E-state index contributed by atoms with van der Waals surface area (Å²) >= 11 is 0. The summed E-state index contributed by atoms with van der Waals surface area (Å²) in [6, 6.07) is 0. The van der Waals surface area contributed by atoms with E-state index >= 15 is 0 Å². The van der Waals surface area contributed by atoms with Crippen molar-refractivity contribution in [1.29, 1.82) is 0 Å². The van der Waals surface area contributed by atoms with E-state index in [0.29, 0.717) is 30.2 Å². The normalized spacial score (nSPS) is 26.7. The maximum absolute atomic E-state index is 12.8. The quantitative estimate of drug-likeness (QED) is 0.159. The fraction of sp³-hybridized carbons (Fsp3) is 0.778. The molecule has 7 nitrogen and oxygen atoms in total. The number of nitrogens with zero attached hydrogens (tertiary/aromatic N) is 4. The molecule has 1 aliphatic carbocycles. The van der Waals surface area contributed by atoms with Crippen molar-refractivity contribution in [3.63, 3.8) is 0 Å². The van der Waals surface area contributed by atoms with Crippen LogP contribution in [0, 0.1) is 17.3 Å². The van der Waals surface area contributed by atoms with Crippen molar-refractivity contribution >= 4 is 24.7 Å². The number of nitrogens with two attached hydrogens (primary N) is 1. The topological polar surface area (TPSA) is 83.3 Å². The summed E-state index contributed by atoms with van der Waals surface area (Å²) in [5, 5.41) is 0. The van der Waals surface area contributed by atoms with Crippen molar-refractivity contribution in [2.75, 3.05) is 39.8 Å². The zero-order valence-corrected chi connectivity index (χ0v) is 22.3. The van der Waals surface area contributed by atoms with Crippen LogP contribution in [0.25, 0.3) is 0 Å². The molecule has 2 N–H and O–H groups in total. The number of hydrogen-bond donors (Lipinski definition) is 1. The molecule has 1 heterocycles. The van der Waals surface area contributed by atoms with Crippen molar-refractivity contribution in [3.05, 3.63) is 11.8 Å². The minimum Gasteiger partial charge on any atom is -0.479 e. The van der Waals surface area contributed by atoms with E-state index < -0.39 is 0 Å². The van der Waals surface area contributed by atoms with Gasteiger partial charge < -0.3 is 15.4 Å². The second-order valence-electron chi connectivity index (χ2n) is 10.1. The van der Waals surface area contributed by atoms with Gasteiger partial charge in [-0.1, -0.05) is 27.2 Å². The number of aliphatic imine (C=N–C) groups is 2. The average Bonchev–Trinajstić information content (AvgIpc) is 3.41. The molecular formula is C27H48N5O2+. The Bertz CT molecular complexity index is 775. The molecule has 0 spiro atoms. The van der Waals surface area contributed by atoms with Crippen LogP contribution in [0.2, 0.25) is 0 Å². The number of carbonyl (C=O) groups is 1. The molecule has 2 aliphatic rings. The molecule has 1 amide bonds. The minimum atomic E-state index is -0.125. The van der Waals surface area contributed by atoms with Crippen LogP contribution in [-0.2, 0) is 9.53 Å². The monoisotopic (exact) mass is 474 g/mol. The van der Waals surface area contributed by atoms with Crippen LogP contribution >= 0.6 is 0 Å². The van der Waals surface area contributed by atoms with Gasteiger partial charge >= 0.3 is 5.91 Å². The number of unbranched alkanes of at least 4 members (excludes halogenated alkanes) is 1. The molecule has 0 bridgehead atoms. The highest BCUT2D eigenvalue weighted by Gasteiger charge is 2.51. The van der Waals surface area contributed by atoms with Crippen molar-refractivity contribution in [2.45, 2.75) is 78.7 Å². The molecule has 0 saturated heterocycles. The molecule has 34 heavy (non-hydrogen) atoms.